The molecule has 0 aliphatic heterocycles. The normalized spacial score (nSPS) is 10.3. The predicted octanol–water partition coefficient (Wildman–Crippen LogP) is 5.60. The second-order valence-corrected chi connectivity index (χ2v) is 6.74. The number of esters is 1. The molecule has 7 heteroatoms. The van der Waals surface area contributed by atoms with E-state index >= 15 is 0 Å². The maximum absolute atomic E-state index is 12.6. The molecule has 29 heavy (non-hydrogen) atoms. The molecule has 0 aliphatic carbocycles. The molecule has 0 fully saturated rings. The first-order valence-electron chi connectivity index (χ1n) is 9.18. The summed E-state index contributed by atoms with van der Waals surface area (Å²) in [5.41, 5.74) is 1.79. The lowest BCUT2D eigenvalue weighted by Crippen LogP contribution is -2.18. The standard InChI is InChI=1S/C22H21NO5S/c1-3-26-16-12-10-15(11-13-16)18-14-29-20(19(18)21(24)27-4-2)23-22(25)28-17-8-6-5-7-9-17/h5-14H,3-4H2,1-2H3,(H,23,25). The van der Waals surface area contributed by atoms with Crippen molar-refractivity contribution in [3.63, 3.8) is 0 Å². The van der Waals surface area contributed by atoms with Gasteiger partial charge in [-0.05, 0) is 43.7 Å². The molecule has 0 atom stereocenters. The summed E-state index contributed by atoms with van der Waals surface area (Å²) < 4.78 is 15.9. The van der Waals surface area contributed by atoms with Crippen LogP contribution in [0.25, 0.3) is 11.1 Å². The highest BCUT2D eigenvalue weighted by Crippen LogP contribution is 2.37. The van der Waals surface area contributed by atoms with Gasteiger partial charge in [-0.1, -0.05) is 30.3 Å². The third kappa shape index (κ3) is 5.14. The zero-order valence-electron chi connectivity index (χ0n) is 16.1. The van der Waals surface area contributed by atoms with Gasteiger partial charge in [-0.25, -0.2) is 9.59 Å². The lowest BCUT2D eigenvalue weighted by atomic mass is 10.0. The van der Waals surface area contributed by atoms with E-state index in [0.717, 1.165) is 11.3 Å². The zero-order valence-corrected chi connectivity index (χ0v) is 17.0. The molecule has 1 heterocycles. The van der Waals surface area contributed by atoms with Crippen molar-refractivity contribution in [2.24, 2.45) is 0 Å². The van der Waals surface area contributed by atoms with Crippen molar-refractivity contribution >= 4 is 28.4 Å². The molecule has 3 rings (SSSR count). The molecule has 0 bridgehead atoms. The second-order valence-electron chi connectivity index (χ2n) is 5.86. The van der Waals surface area contributed by atoms with Gasteiger partial charge in [0, 0.05) is 10.9 Å². The summed E-state index contributed by atoms with van der Waals surface area (Å²) in [6, 6.07) is 16.1. The molecule has 0 saturated heterocycles. The fourth-order valence-electron chi connectivity index (χ4n) is 2.68. The van der Waals surface area contributed by atoms with Crippen molar-refractivity contribution in [2.45, 2.75) is 13.8 Å². The number of anilines is 1. The van der Waals surface area contributed by atoms with E-state index in [1.807, 2.05) is 37.3 Å². The molecule has 1 N–H and O–H groups in total. The highest BCUT2D eigenvalue weighted by molar-refractivity contribution is 7.15. The number of hydrogen-bond donors (Lipinski definition) is 1. The largest absolute Gasteiger partial charge is 0.494 e. The summed E-state index contributed by atoms with van der Waals surface area (Å²) in [5, 5.41) is 4.83. The van der Waals surface area contributed by atoms with Crippen LogP contribution in [0.4, 0.5) is 9.80 Å². The number of amides is 1. The first-order valence-corrected chi connectivity index (χ1v) is 10.1. The summed E-state index contributed by atoms with van der Waals surface area (Å²) in [5.74, 6) is 0.646. The van der Waals surface area contributed by atoms with Crippen LogP contribution in [-0.4, -0.2) is 25.3 Å². The summed E-state index contributed by atoms with van der Waals surface area (Å²) in [7, 11) is 0. The van der Waals surface area contributed by atoms with E-state index in [0.29, 0.717) is 28.5 Å². The Morgan fingerprint density at radius 3 is 2.31 bits per heavy atom. The third-order valence-corrected chi connectivity index (χ3v) is 4.81. The minimum absolute atomic E-state index is 0.227. The summed E-state index contributed by atoms with van der Waals surface area (Å²) in [6.45, 7) is 4.45. The SMILES string of the molecule is CCOC(=O)c1c(-c2ccc(OCC)cc2)csc1NC(=O)Oc1ccccc1. The zero-order chi connectivity index (χ0) is 20.6. The molecule has 150 valence electrons. The summed E-state index contributed by atoms with van der Waals surface area (Å²) in [6.07, 6.45) is -0.679. The smallest absolute Gasteiger partial charge is 0.417 e. The lowest BCUT2D eigenvalue weighted by molar-refractivity contribution is 0.0529. The van der Waals surface area contributed by atoms with Crippen LogP contribution in [0.2, 0.25) is 0 Å². The average Bonchev–Trinajstić information content (AvgIpc) is 3.13. The van der Waals surface area contributed by atoms with E-state index in [2.05, 4.69) is 5.32 Å². The fraction of sp³-hybridized carbons (Fsp3) is 0.182. The molecule has 3 aromatic rings. The molecule has 0 unspecified atom stereocenters. The van der Waals surface area contributed by atoms with Crippen molar-refractivity contribution in [3.8, 4) is 22.6 Å². The Balaban J connectivity index is 1.87. The van der Waals surface area contributed by atoms with Crippen LogP contribution in [-0.2, 0) is 4.74 Å². The van der Waals surface area contributed by atoms with Crippen LogP contribution in [0.15, 0.2) is 60.0 Å². The predicted molar refractivity (Wildman–Crippen MR) is 113 cm³/mol. The van der Waals surface area contributed by atoms with E-state index in [1.54, 1.807) is 36.6 Å². The van der Waals surface area contributed by atoms with Gasteiger partial charge in [0.1, 0.15) is 22.1 Å². The van der Waals surface area contributed by atoms with E-state index in [4.69, 9.17) is 14.2 Å². The van der Waals surface area contributed by atoms with Gasteiger partial charge in [-0.15, -0.1) is 11.3 Å². The van der Waals surface area contributed by atoms with Crippen molar-refractivity contribution in [1.82, 2.24) is 0 Å². The quantitative estimate of drug-likeness (QED) is 0.512. The Morgan fingerprint density at radius 1 is 0.931 bits per heavy atom. The molecule has 0 aliphatic rings. The molecule has 6 nitrogen and oxygen atoms in total. The Labute approximate surface area is 173 Å². The van der Waals surface area contributed by atoms with Gasteiger partial charge in [0.15, 0.2) is 0 Å². The van der Waals surface area contributed by atoms with Crippen molar-refractivity contribution in [3.05, 3.63) is 65.5 Å². The van der Waals surface area contributed by atoms with E-state index in [1.165, 1.54) is 11.3 Å². The molecular formula is C22H21NO5S. The summed E-state index contributed by atoms with van der Waals surface area (Å²) in [4.78, 5) is 24.9. The first-order chi connectivity index (χ1) is 14.1. The number of carbonyl (C=O) groups is 2. The number of carbonyl (C=O) groups excluding carboxylic acids is 2. The molecule has 1 aromatic heterocycles. The van der Waals surface area contributed by atoms with Gasteiger partial charge in [-0.2, -0.15) is 0 Å². The topological polar surface area (TPSA) is 73.9 Å². The van der Waals surface area contributed by atoms with E-state index < -0.39 is 12.1 Å². The summed E-state index contributed by atoms with van der Waals surface area (Å²) >= 11 is 1.23. The third-order valence-electron chi connectivity index (χ3n) is 3.92. The molecular weight excluding hydrogens is 390 g/mol. The maximum Gasteiger partial charge on any atom is 0.417 e. The molecule has 0 spiro atoms. The van der Waals surface area contributed by atoms with Gasteiger partial charge >= 0.3 is 12.1 Å². The highest BCUT2D eigenvalue weighted by atomic mass is 32.1. The van der Waals surface area contributed by atoms with Gasteiger partial charge in [0.05, 0.1) is 13.2 Å². The van der Waals surface area contributed by atoms with E-state index in [9.17, 15) is 9.59 Å². The van der Waals surface area contributed by atoms with Gasteiger partial charge in [-0.3, -0.25) is 5.32 Å². The van der Waals surface area contributed by atoms with Crippen molar-refractivity contribution < 1.29 is 23.8 Å². The number of thiophene rings is 1. The van der Waals surface area contributed by atoms with Crippen molar-refractivity contribution in [2.75, 3.05) is 18.5 Å². The Kier molecular flexibility index (Phi) is 6.86. The number of rotatable bonds is 7. The maximum atomic E-state index is 12.6. The lowest BCUT2D eigenvalue weighted by Gasteiger charge is -2.10. The van der Waals surface area contributed by atoms with Crippen LogP contribution >= 0.6 is 11.3 Å². The monoisotopic (exact) mass is 411 g/mol. The fourth-order valence-corrected chi connectivity index (χ4v) is 3.62. The Hall–Kier alpha value is -3.32. The van der Waals surface area contributed by atoms with E-state index in [-0.39, 0.29) is 6.61 Å². The minimum atomic E-state index is -0.679. The van der Waals surface area contributed by atoms with Crippen molar-refractivity contribution in [1.29, 1.82) is 0 Å². The number of hydrogen-bond acceptors (Lipinski definition) is 6. The van der Waals surface area contributed by atoms with Gasteiger partial charge < -0.3 is 14.2 Å². The molecule has 2 aromatic carbocycles. The number of benzene rings is 2. The number of nitrogens with one attached hydrogen (secondary N) is 1. The van der Waals surface area contributed by atoms with Gasteiger partial charge in [0.2, 0.25) is 0 Å². The van der Waals surface area contributed by atoms with Crippen LogP contribution in [0.5, 0.6) is 11.5 Å². The van der Waals surface area contributed by atoms with Crippen LogP contribution in [0, 0.1) is 0 Å². The Bertz CT molecular complexity index is 967. The number of ether oxygens (including phenoxy) is 3. The molecule has 0 radical (unpaired) electrons. The highest BCUT2D eigenvalue weighted by Gasteiger charge is 2.23. The van der Waals surface area contributed by atoms with Crippen LogP contribution in [0.1, 0.15) is 24.2 Å². The minimum Gasteiger partial charge on any atom is -0.494 e. The first kappa shape index (κ1) is 20.4. The number of para-hydroxylation sites is 1. The second kappa shape index (κ2) is 9.75. The molecule has 0 saturated carbocycles. The Morgan fingerprint density at radius 2 is 1.66 bits per heavy atom. The average molecular weight is 411 g/mol. The molecule has 1 amide bonds. The van der Waals surface area contributed by atoms with Crippen LogP contribution < -0.4 is 14.8 Å². The van der Waals surface area contributed by atoms with Gasteiger partial charge in [0.25, 0.3) is 0 Å². The van der Waals surface area contributed by atoms with Crippen LogP contribution in [0.3, 0.4) is 0 Å².